The number of carbonyl (C=O) groups excluding carboxylic acids is 1. The number of methoxy groups -OCH3 is 1. The van der Waals surface area contributed by atoms with Crippen LogP contribution in [0.15, 0.2) is 60.9 Å². The largest absolute Gasteiger partial charge is 0.383 e. The summed E-state index contributed by atoms with van der Waals surface area (Å²) in [5.41, 5.74) is 4.67. The van der Waals surface area contributed by atoms with Crippen molar-refractivity contribution in [2.45, 2.75) is 19.9 Å². The van der Waals surface area contributed by atoms with Crippen LogP contribution in [-0.4, -0.2) is 35.4 Å². The minimum absolute atomic E-state index is 0.0660. The summed E-state index contributed by atoms with van der Waals surface area (Å²) in [6, 6.07) is 15.8. The van der Waals surface area contributed by atoms with Crippen molar-refractivity contribution >= 4 is 5.91 Å². The van der Waals surface area contributed by atoms with Gasteiger partial charge in [-0.15, -0.1) is 0 Å². The van der Waals surface area contributed by atoms with Crippen LogP contribution >= 0.6 is 0 Å². The molecule has 0 fully saturated rings. The Morgan fingerprint density at radius 1 is 1.19 bits per heavy atom. The number of nitrogens with one attached hydrogen (secondary N) is 1. The summed E-state index contributed by atoms with van der Waals surface area (Å²) in [6.07, 6.45) is 3.59. The Hall–Kier alpha value is -2.92. The van der Waals surface area contributed by atoms with Crippen LogP contribution in [0.25, 0.3) is 16.8 Å². The highest BCUT2D eigenvalue weighted by molar-refractivity contribution is 5.96. The number of rotatable bonds is 6. The third-order valence-corrected chi connectivity index (χ3v) is 4.13. The molecule has 1 N–H and O–H groups in total. The molecule has 134 valence electrons. The predicted octanol–water partition coefficient (Wildman–Crippen LogP) is 3.61. The second-order valence-corrected chi connectivity index (χ2v) is 6.42. The second kappa shape index (κ2) is 7.97. The van der Waals surface area contributed by atoms with Crippen LogP contribution in [0.1, 0.15) is 22.8 Å². The molecule has 26 heavy (non-hydrogen) atoms. The molecule has 5 nitrogen and oxygen atoms in total. The lowest BCUT2D eigenvalue weighted by Gasteiger charge is -2.15. The van der Waals surface area contributed by atoms with E-state index in [9.17, 15) is 4.79 Å². The van der Waals surface area contributed by atoms with Gasteiger partial charge in [-0.2, -0.15) is 5.10 Å². The number of carbonyl (C=O) groups is 1. The van der Waals surface area contributed by atoms with Crippen LogP contribution < -0.4 is 5.32 Å². The van der Waals surface area contributed by atoms with Crippen LogP contribution in [0.5, 0.6) is 0 Å². The molecule has 3 aromatic rings. The maximum atomic E-state index is 12.7. The lowest BCUT2D eigenvalue weighted by atomic mass is 10.0. The summed E-state index contributed by atoms with van der Waals surface area (Å²) in [5, 5.41) is 7.25. The average molecular weight is 349 g/mol. The van der Waals surface area contributed by atoms with Gasteiger partial charge in [0, 0.05) is 31.1 Å². The van der Waals surface area contributed by atoms with Crippen LogP contribution in [0.2, 0.25) is 0 Å². The lowest BCUT2D eigenvalue weighted by molar-refractivity contribution is 0.0905. The highest BCUT2D eigenvalue weighted by atomic mass is 16.5. The van der Waals surface area contributed by atoms with Gasteiger partial charge in [0.2, 0.25) is 0 Å². The monoisotopic (exact) mass is 349 g/mol. The van der Waals surface area contributed by atoms with Gasteiger partial charge in [-0.05, 0) is 49.2 Å². The van der Waals surface area contributed by atoms with Gasteiger partial charge in [0.05, 0.1) is 12.3 Å². The van der Waals surface area contributed by atoms with Crippen LogP contribution in [-0.2, 0) is 4.74 Å². The van der Waals surface area contributed by atoms with Gasteiger partial charge in [0.1, 0.15) is 0 Å². The summed E-state index contributed by atoms with van der Waals surface area (Å²) in [6.45, 7) is 4.44. The number of aromatic nitrogens is 2. The summed E-state index contributed by atoms with van der Waals surface area (Å²) in [5.74, 6) is -0.128. The van der Waals surface area contributed by atoms with Gasteiger partial charge in [-0.25, -0.2) is 4.68 Å². The quantitative estimate of drug-likeness (QED) is 0.739. The molecule has 0 aliphatic carbocycles. The maximum absolute atomic E-state index is 12.7. The maximum Gasteiger partial charge on any atom is 0.251 e. The number of hydrogen-bond acceptors (Lipinski definition) is 3. The van der Waals surface area contributed by atoms with E-state index in [2.05, 4.69) is 41.6 Å². The van der Waals surface area contributed by atoms with Gasteiger partial charge < -0.3 is 10.1 Å². The summed E-state index contributed by atoms with van der Waals surface area (Å²) < 4.78 is 6.86. The van der Waals surface area contributed by atoms with E-state index in [1.165, 1.54) is 5.56 Å². The van der Waals surface area contributed by atoms with E-state index >= 15 is 0 Å². The number of nitrogens with zero attached hydrogens (tertiary/aromatic N) is 2. The van der Waals surface area contributed by atoms with E-state index in [1.54, 1.807) is 18.0 Å². The van der Waals surface area contributed by atoms with Crippen molar-refractivity contribution in [1.29, 1.82) is 0 Å². The molecule has 1 amide bonds. The Labute approximate surface area is 153 Å². The molecule has 2 aromatic carbocycles. The fourth-order valence-electron chi connectivity index (χ4n) is 2.81. The first-order chi connectivity index (χ1) is 12.6. The van der Waals surface area contributed by atoms with Gasteiger partial charge in [0.25, 0.3) is 5.91 Å². The fourth-order valence-corrected chi connectivity index (χ4v) is 2.81. The van der Waals surface area contributed by atoms with E-state index in [-0.39, 0.29) is 11.9 Å². The SMILES string of the molecule is COCC(C)NC(=O)c1cc(-c2ccc(C)cc2)cc(-n2cccn2)c1. The Balaban J connectivity index is 2.00. The topological polar surface area (TPSA) is 56.1 Å². The van der Waals surface area contributed by atoms with Gasteiger partial charge in [0.15, 0.2) is 0 Å². The van der Waals surface area contributed by atoms with Crippen molar-refractivity contribution in [2.24, 2.45) is 0 Å². The van der Waals surface area contributed by atoms with Gasteiger partial charge in [-0.3, -0.25) is 4.79 Å². The smallest absolute Gasteiger partial charge is 0.251 e. The number of benzene rings is 2. The first-order valence-electron chi connectivity index (χ1n) is 8.59. The highest BCUT2D eigenvalue weighted by Gasteiger charge is 2.13. The van der Waals surface area contributed by atoms with E-state index < -0.39 is 0 Å². The third-order valence-electron chi connectivity index (χ3n) is 4.13. The van der Waals surface area contributed by atoms with E-state index in [0.29, 0.717) is 12.2 Å². The lowest BCUT2D eigenvalue weighted by Crippen LogP contribution is -2.35. The van der Waals surface area contributed by atoms with Crippen molar-refractivity contribution < 1.29 is 9.53 Å². The van der Waals surface area contributed by atoms with Crippen molar-refractivity contribution in [2.75, 3.05) is 13.7 Å². The van der Waals surface area contributed by atoms with Crippen molar-refractivity contribution in [3.63, 3.8) is 0 Å². The normalized spacial score (nSPS) is 12.0. The average Bonchev–Trinajstić information content (AvgIpc) is 3.17. The molecule has 3 rings (SSSR count). The summed E-state index contributed by atoms with van der Waals surface area (Å²) in [4.78, 5) is 12.7. The molecule has 0 radical (unpaired) electrons. The zero-order valence-electron chi connectivity index (χ0n) is 15.3. The molecule has 0 spiro atoms. The molecule has 0 saturated carbocycles. The molecule has 1 unspecified atom stereocenters. The zero-order valence-corrected chi connectivity index (χ0v) is 15.3. The van der Waals surface area contributed by atoms with Gasteiger partial charge in [-0.1, -0.05) is 29.8 Å². The van der Waals surface area contributed by atoms with Crippen molar-refractivity contribution in [3.05, 3.63) is 72.1 Å². The Bertz CT molecular complexity index is 871. The molecule has 0 aliphatic heterocycles. The predicted molar refractivity (Wildman–Crippen MR) is 103 cm³/mol. The molecular weight excluding hydrogens is 326 g/mol. The Kier molecular flexibility index (Phi) is 5.49. The molecule has 1 aromatic heterocycles. The third kappa shape index (κ3) is 4.18. The van der Waals surface area contributed by atoms with E-state index in [0.717, 1.165) is 16.8 Å². The standard InChI is InChI=1S/C21H23N3O2/c1-15-5-7-17(8-6-15)18-11-19(21(25)23-16(2)14-26-3)13-20(12-18)24-10-4-9-22-24/h4-13,16H,14H2,1-3H3,(H,23,25). The molecule has 0 saturated heterocycles. The van der Waals surface area contributed by atoms with Crippen molar-refractivity contribution in [3.8, 4) is 16.8 Å². The molecule has 5 heteroatoms. The minimum Gasteiger partial charge on any atom is -0.383 e. The summed E-state index contributed by atoms with van der Waals surface area (Å²) in [7, 11) is 1.62. The van der Waals surface area contributed by atoms with Crippen LogP contribution in [0.4, 0.5) is 0 Å². The van der Waals surface area contributed by atoms with E-state index in [1.807, 2.05) is 37.4 Å². The number of hydrogen-bond donors (Lipinski definition) is 1. The molecule has 1 heterocycles. The molecule has 0 aliphatic rings. The van der Waals surface area contributed by atoms with Crippen LogP contribution in [0, 0.1) is 6.92 Å². The van der Waals surface area contributed by atoms with E-state index in [4.69, 9.17) is 4.74 Å². The molecular formula is C21H23N3O2. The number of amides is 1. The second-order valence-electron chi connectivity index (χ2n) is 6.42. The fraction of sp³-hybridized carbons (Fsp3) is 0.238. The summed E-state index contributed by atoms with van der Waals surface area (Å²) >= 11 is 0. The zero-order chi connectivity index (χ0) is 18.5. The minimum atomic E-state index is -0.128. The Morgan fingerprint density at radius 2 is 1.96 bits per heavy atom. The number of ether oxygens (including phenoxy) is 1. The number of aryl methyl sites for hydroxylation is 1. The van der Waals surface area contributed by atoms with Gasteiger partial charge >= 0.3 is 0 Å². The first-order valence-corrected chi connectivity index (χ1v) is 8.59. The molecule has 1 atom stereocenters. The Morgan fingerprint density at radius 3 is 2.62 bits per heavy atom. The highest BCUT2D eigenvalue weighted by Crippen LogP contribution is 2.24. The van der Waals surface area contributed by atoms with Crippen LogP contribution in [0.3, 0.4) is 0 Å². The molecule has 0 bridgehead atoms. The van der Waals surface area contributed by atoms with Crippen molar-refractivity contribution in [1.82, 2.24) is 15.1 Å². The first kappa shape index (κ1) is 17.9.